The summed E-state index contributed by atoms with van der Waals surface area (Å²) in [5, 5.41) is 7.24. The molecule has 1 aromatic heterocycles. The second-order valence-corrected chi connectivity index (χ2v) is 8.24. The van der Waals surface area contributed by atoms with Crippen molar-refractivity contribution in [2.75, 3.05) is 25.0 Å². The van der Waals surface area contributed by atoms with Crippen LogP contribution in [0.1, 0.15) is 31.5 Å². The van der Waals surface area contributed by atoms with Crippen molar-refractivity contribution in [1.82, 2.24) is 15.3 Å². The highest BCUT2D eigenvalue weighted by Gasteiger charge is 2.21. The standard InChI is InChI=1S/C18H23FN4OS/c19-14-7-12(21-9-11-1-2-11)8-15-17(14)18(24)23-16(22-15)10-25-13-3-5-20-6-4-13/h7-8,11,13,20-21H,1-6,9-10H2,(H,22,23,24). The van der Waals surface area contributed by atoms with Gasteiger partial charge in [-0.3, -0.25) is 4.79 Å². The van der Waals surface area contributed by atoms with E-state index < -0.39 is 11.4 Å². The lowest BCUT2D eigenvalue weighted by molar-refractivity contribution is 0.531. The molecule has 3 N–H and O–H groups in total. The van der Waals surface area contributed by atoms with E-state index in [1.54, 1.807) is 6.07 Å². The molecular weight excluding hydrogens is 339 g/mol. The molecule has 1 aliphatic heterocycles. The first-order valence-electron chi connectivity index (χ1n) is 8.97. The summed E-state index contributed by atoms with van der Waals surface area (Å²) in [6, 6.07) is 3.18. The first-order valence-corrected chi connectivity index (χ1v) is 10.0. The Morgan fingerprint density at radius 3 is 2.80 bits per heavy atom. The number of thioether (sulfide) groups is 1. The fourth-order valence-corrected chi connectivity index (χ4v) is 4.28. The number of H-pyrrole nitrogens is 1. The van der Waals surface area contributed by atoms with Crippen LogP contribution in [0, 0.1) is 11.7 Å². The molecule has 2 fully saturated rings. The van der Waals surface area contributed by atoms with Gasteiger partial charge in [-0.05, 0) is 56.8 Å². The number of nitrogens with zero attached hydrogens (tertiary/aromatic N) is 1. The van der Waals surface area contributed by atoms with Crippen LogP contribution < -0.4 is 16.2 Å². The van der Waals surface area contributed by atoms with E-state index in [9.17, 15) is 9.18 Å². The molecule has 2 aromatic rings. The van der Waals surface area contributed by atoms with Crippen molar-refractivity contribution >= 4 is 28.4 Å². The smallest absolute Gasteiger partial charge is 0.261 e. The molecule has 1 saturated carbocycles. The highest BCUT2D eigenvalue weighted by atomic mass is 32.2. The highest BCUT2D eigenvalue weighted by Crippen LogP contribution is 2.29. The molecule has 1 aromatic carbocycles. The minimum Gasteiger partial charge on any atom is -0.385 e. The predicted molar refractivity (Wildman–Crippen MR) is 101 cm³/mol. The SMILES string of the molecule is O=c1[nH]c(CSC2CCNCC2)nc2cc(NCC3CC3)cc(F)c12. The molecular formula is C18H23FN4OS. The molecule has 0 unspecified atom stereocenters. The van der Waals surface area contributed by atoms with E-state index >= 15 is 0 Å². The minimum atomic E-state index is -0.512. The summed E-state index contributed by atoms with van der Waals surface area (Å²) in [6.07, 6.45) is 4.73. The fourth-order valence-electron chi connectivity index (χ4n) is 3.19. The van der Waals surface area contributed by atoms with Crippen molar-refractivity contribution in [3.63, 3.8) is 0 Å². The molecule has 4 rings (SSSR count). The summed E-state index contributed by atoms with van der Waals surface area (Å²) in [5.41, 5.74) is 0.743. The van der Waals surface area contributed by atoms with Crippen molar-refractivity contribution in [2.45, 2.75) is 36.7 Å². The average Bonchev–Trinajstić information content (AvgIpc) is 3.43. The number of hydrogen-bond acceptors (Lipinski definition) is 5. The topological polar surface area (TPSA) is 69.8 Å². The second kappa shape index (κ2) is 7.33. The van der Waals surface area contributed by atoms with E-state index in [0.29, 0.717) is 33.9 Å². The zero-order valence-corrected chi connectivity index (χ0v) is 14.9. The van der Waals surface area contributed by atoms with Crippen molar-refractivity contribution in [3.05, 3.63) is 34.1 Å². The number of hydrogen-bond donors (Lipinski definition) is 3. The number of aromatic nitrogens is 2. The molecule has 1 aliphatic carbocycles. The lowest BCUT2D eigenvalue weighted by Crippen LogP contribution is -2.29. The van der Waals surface area contributed by atoms with Crippen LogP contribution in [0.3, 0.4) is 0 Å². The molecule has 0 spiro atoms. The fraction of sp³-hybridized carbons (Fsp3) is 0.556. The van der Waals surface area contributed by atoms with Gasteiger partial charge in [0.05, 0.1) is 11.3 Å². The summed E-state index contributed by atoms with van der Waals surface area (Å²) >= 11 is 1.82. The number of piperidine rings is 1. The van der Waals surface area contributed by atoms with Crippen LogP contribution in [0.15, 0.2) is 16.9 Å². The van der Waals surface area contributed by atoms with Gasteiger partial charge in [-0.15, -0.1) is 0 Å². The average molecular weight is 362 g/mol. The van der Waals surface area contributed by atoms with E-state index in [-0.39, 0.29) is 5.39 Å². The second-order valence-electron chi connectivity index (χ2n) is 6.95. The van der Waals surface area contributed by atoms with Gasteiger partial charge in [0.2, 0.25) is 0 Å². The summed E-state index contributed by atoms with van der Waals surface area (Å²) in [7, 11) is 0. The summed E-state index contributed by atoms with van der Waals surface area (Å²) in [5.74, 6) is 1.46. The van der Waals surface area contributed by atoms with Gasteiger partial charge in [0.15, 0.2) is 0 Å². The van der Waals surface area contributed by atoms with Gasteiger partial charge >= 0.3 is 0 Å². The third kappa shape index (κ3) is 4.15. The number of anilines is 1. The normalized spacial score (nSPS) is 18.6. The summed E-state index contributed by atoms with van der Waals surface area (Å²) in [6.45, 7) is 2.94. The Morgan fingerprint density at radius 2 is 2.04 bits per heavy atom. The molecule has 2 heterocycles. The number of rotatable bonds is 6. The quantitative estimate of drug-likeness (QED) is 0.737. The first kappa shape index (κ1) is 16.8. The maximum Gasteiger partial charge on any atom is 0.261 e. The number of fused-ring (bicyclic) bond motifs is 1. The molecule has 0 atom stereocenters. The van der Waals surface area contributed by atoms with Crippen LogP contribution in [0.2, 0.25) is 0 Å². The third-order valence-electron chi connectivity index (χ3n) is 4.84. The zero-order valence-electron chi connectivity index (χ0n) is 14.1. The van der Waals surface area contributed by atoms with Gasteiger partial charge in [0.1, 0.15) is 17.0 Å². The molecule has 0 bridgehead atoms. The highest BCUT2D eigenvalue weighted by molar-refractivity contribution is 7.99. The predicted octanol–water partition coefficient (Wildman–Crippen LogP) is 2.87. The maximum atomic E-state index is 14.3. The third-order valence-corrected chi connectivity index (χ3v) is 6.23. The summed E-state index contributed by atoms with van der Waals surface area (Å²) in [4.78, 5) is 19.5. The van der Waals surface area contributed by atoms with Crippen LogP contribution in [0.4, 0.5) is 10.1 Å². The number of benzene rings is 1. The number of halogens is 1. The van der Waals surface area contributed by atoms with Crippen LogP contribution in [-0.2, 0) is 5.75 Å². The van der Waals surface area contributed by atoms with E-state index in [1.807, 2.05) is 11.8 Å². The molecule has 5 nitrogen and oxygen atoms in total. The van der Waals surface area contributed by atoms with Crippen LogP contribution >= 0.6 is 11.8 Å². The van der Waals surface area contributed by atoms with Crippen LogP contribution in [0.5, 0.6) is 0 Å². The lowest BCUT2D eigenvalue weighted by Gasteiger charge is -2.21. The van der Waals surface area contributed by atoms with Crippen LogP contribution in [0.25, 0.3) is 10.9 Å². The maximum absolute atomic E-state index is 14.3. The van der Waals surface area contributed by atoms with Gasteiger partial charge in [-0.25, -0.2) is 9.37 Å². The molecule has 0 amide bonds. The van der Waals surface area contributed by atoms with Gasteiger partial charge < -0.3 is 15.6 Å². The van der Waals surface area contributed by atoms with Gasteiger partial charge in [-0.1, -0.05) is 0 Å². The lowest BCUT2D eigenvalue weighted by atomic mass is 10.2. The van der Waals surface area contributed by atoms with E-state index in [0.717, 1.165) is 32.5 Å². The van der Waals surface area contributed by atoms with Crippen molar-refractivity contribution in [1.29, 1.82) is 0 Å². The van der Waals surface area contributed by atoms with E-state index in [2.05, 4.69) is 20.6 Å². The molecule has 25 heavy (non-hydrogen) atoms. The van der Waals surface area contributed by atoms with Gasteiger partial charge in [0.25, 0.3) is 5.56 Å². The zero-order chi connectivity index (χ0) is 17.2. The Labute approximate surface area is 150 Å². The number of aromatic amines is 1. The Bertz CT molecular complexity index is 815. The monoisotopic (exact) mass is 362 g/mol. The van der Waals surface area contributed by atoms with Gasteiger partial charge in [0, 0.05) is 17.5 Å². The Kier molecular flexibility index (Phi) is 4.94. The largest absolute Gasteiger partial charge is 0.385 e. The Balaban J connectivity index is 1.54. The summed E-state index contributed by atoms with van der Waals surface area (Å²) < 4.78 is 14.3. The number of nitrogens with one attached hydrogen (secondary N) is 3. The minimum absolute atomic E-state index is 0.0487. The van der Waals surface area contributed by atoms with E-state index in [1.165, 1.54) is 18.9 Å². The van der Waals surface area contributed by atoms with Crippen molar-refractivity contribution in [2.24, 2.45) is 5.92 Å². The van der Waals surface area contributed by atoms with E-state index in [4.69, 9.17) is 0 Å². The molecule has 2 aliphatic rings. The van der Waals surface area contributed by atoms with Crippen molar-refractivity contribution < 1.29 is 4.39 Å². The Morgan fingerprint density at radius 1 is 1.24 bits per heavy atom. The molecule has 7 heteroatoms. The molecule has 134 valence electrons. The first-order chi connectivity index (χ1) is 12.2. The Hall–Kier alpha value is -1.60. The van der Waals surface area contributed by atoms with Gasteiger partial charge in [-0.2, -0.15) is 11.8 Å². The molecule has 1 saturated heterocycles. The molecule has 0 radical (unpaired) electrons. The van der Waals surface area contributed by atoms with Crippen LogP contribution in [-0.4, -0.2) is 34.9 Å². The van der Waals surface area contributed by atoms with Crippen molar-refractivity contribution in [3.8, 4) is 0 Å².